The second-order valence-corrected chi connectivity index (χ2v) is 7.21. The summed E-state index contributed by atoms with van der Waals surface area (Å²) in [6, 6.07) is 5.88. The highest BCUT2D eigenvalue weighted by atomic mass is 19.4. The number of aryl methyl sites for hydroxylation is 1. The predicted octanol–water partition coefficient (Wildman–Crippen LogP) is 3.15. The predicted molar refractivity (Wildman–Crippen MR) is 88.6 cm³/mol. The number of H-pyrrole nitrogens is 1. The molecule has 1 amide bonds. The minimum atomic E-state index is -4.42. The van der Waals surface area contributed by atoms with E-state index in [1.165, 1.54) is 12.1 Å². The quantitative estimate of drug-likeness (QED) is 0.877. The van der Waals surface area contributed by atoms with Crippen LogP contribution in [0.25, 0.3) is 0 Å². The summed E-state index contributed by atoms with van der Waals surface area (Å²) in [5, 5.41) is 2.87. The van der Waals surface area contributed by atoms with Gasteiger partial charge in [0.05, 0.1) is 11.1 Å². The van der Waals surface area contributed by atoms with Gasteiger partial charge in [-0.2, -0.15) is 13.2 Å². The Balaban J connectivity index is 1.92. The Bertz CT molecular complexity index is 917. The average Bonchev–Trinajstić information content (AvgIpc) is 3.07. The molecule has 3 rings (SSSR count). The SMILES string of the molecule is Cc1nc(C(=O)NC2(c3ccc(C(F)(F)F)cc3)CC2(C)C)cc(=O)[nH]1. The van der Waals surface area contributed by atoms with Crippen LogP contribution < -0.4 is 10.9 Å². The largest absolute Gasteiger partial charge is 0.416 e. The van der Waals surface area contributed by atoms with Gasteiger partial charge in [0.15, 0.2) is 0 Å². The molecule has 26 heavy (non-hydrogen) atoms. The topological polar surface area (TPSA) is 74.8 Å². The molecule has 1 fully saturated rings. The van der Waals surface area contributed by atoms with E-state index in [9.17, 15) is 22.8 Å². The van der Waals surface area contributed by atoms with E-state index in [-0.39, 0.29) is 11.1 Å². The number of carbonyl (C=O) groups is 1. The van der Waals surface area contributed by atoms with Crippen molar-refractivity contribution >= 4 is 5.91 Å². The van der Waals surface area contributed by atoms with E-state index >= 15 is 0 Å². The fourth-order valence-electron chi connectivity index (χ4n) is 3.29. The molecule has 1 aromatic heterocycles. The lowest BCUT2D eigenvalue weighted by Gasteiger charge is -2.23. The smallest absolute Gasteiger partial charge is 0.341 e. The van der Waals surface area contributed by atoms with Gasteiger partial charge in [0.1, 0.15) is 11.5 Å². The summed E-state index contributed by atoms with van der Waals surface area (Å²) in [7, 11) is 0. The molecular weight excluding hydrogens is 347 g/mol. The zero-order chi connectivity index (χ0) is 19.3. The Kier molecular flexibility index (Phi) is 3.97. The maximum Gasteiger partial charge on any atom is 0.416 e. The molecule has 138 valence electrons. The Morgan fingerprint density at radius 3 is 2.27 bits per heavy atom. The van der Waals surface area contributed by atoms with E-state index in [2.05, 4.69) is 15.3 Å². The average molecular weight is 365 g/mol. The lowest BCUT2D eigenvalue weighted by Crippen LogP contribution is -2.39. The molecule has 1 saturated carbocycles. The summed E-state index contributed by atoms with van der Waals surface area (Å²) in [5.74, 6) is -0.231. The maximum atomic E-state index is 12.8. The zero-order valence-electron chi connectivity index (χ0n) is 14.5. The van der Waals surface area contributed by atoms with E-state index in [1.54, 1.807) is 6.92 Å². The van der Waals surface area contributed by atoms with Crippen LogP contribution in [0.1, 0.15) is 47.7 Å². The van der Waals surface area contributed by atoms with Gasteiger partial charge in [-0.3, -0.25) is 9.59 Å². The molecule has 1 atom stereocenters. The minimum Gasteiger partial charge on any atom is -0.341 e. The third-order valence-electron chi connectivity index (χ3n) is 4.86. The van der Waals surface area contributed by atoms with Crippen LogP contribution >= 0.6 is 0 Å². The summed E-state index contributed by atoms with van der Waals surface area (Å²) in [5.41, 5.74) is -1.76. The van der Waals surface area contributed by atoms with Crippen molar-refractivity contribution in [3.63, 3.8) is 0 Å². The van der Waals surface area contributed by atoms with Gasteiger partial charge in [0.25, 0.3) is 11.5 Å². The molecule has 5 nitrogen and oxygen atoms in total. The second-order valence-electron chi connectivity index (χ2n) is 7.21. The summed E-state index contributed by atoms with van der Waals surface area (Å²) < 4.78 is 38.3. The highest BCUT2D eigenvalue weighted by Crippen LogP contribution is 2.62. The van der Waals surface area contributed by atoms with E-state index in [0.29, 0.717) is 17.8 Å². The molecule has 1 aromatic carbocycles. The number of alkyl halides is 3. The summed E-state index contributed by atoms with van der Waals surface area (Å²) in [6.07, 6.45) is -3.85. The molecule has 0 aliphatic heterocycles. The number of aromatic amines is 1. The van der Waals surface area contributed by atoms with Gasteiger partial charge in [0.2, 0.25) is 0 Å². The number of benzene rings is 1. The summed E-state index contributed by atoms with van der Waals surface area (Å²) >= 11 is 0. The van der Waals surface area contributed by atoms with Crippen LogP contribution in [0.2, 0.25) is 0 Å². The molecular formula is C18H18F3N3O2. The number of nitrogens with zero attached hydrogens (tertiary/aromatic N) is 1. The van der Waals surface area contributed by atoms with Crippen LogP contribution in [-0.2, 0) is 11.7 Å². The van der Waals surface area contributed by atoms with E-state index in [0.717, 1.165) is 18.2 Å². The first-order valence-electron chi connectivity index (χ1n) is 8.03. The van der Waals surface area contributed by atoms with Crippen molar-refractivity contribution in [1.82, 2.24) is 15.3 Å². The highest BCUT2D eigenvalue weighted by Gasteiger charge is 2.63. The third-order valence-corrected chi connectivity index (χ3v) is 4.86. The van der Waals surface area contributed by atoms with E-state index in [1.807, 2.05) is 13.8 Å². The molecule has 2 N–H and O–H groups in total. The van der Waals surface area contributed by atoms with Gasteiger partial charge in [0, 0.05) is 6.07 Å². The van der Waals surface area contributed by atoms with E-state index in [4.69, 9.17) is 0 Å². The molecule has 0 saturated heterocycles. The molecule has 1 unspecified atom stereocenters. The van der Waals surface area contributed by atoms with Crippen LogP contribution in [0, 0.1) is 12.3 Å². The molecule has 0 radical (unpaired) electrons. The first-order valence-corrected chi connectivity index (χ1v) is 8.03. The normalized spacial score (nSPS) is 21.3. The molecule has 8 heteroatoms. The monoisotopic (exact) mass is 365 g/mol. The number of aromatic nitrogens is 2. The Morgan fingerprint density at radius 2 is 1.81 bits per heavy atom. The summed E-state index contributed by atoms with van der Waals surface area (Å²) in [4.78, 5) is 30.6. The van der Waals surface area contributed by atoms with Crippen molar-refractivity contribution in [1.29, 1.82) is 0 Å². The van der Waals surface area contributed by atoms with Gasteiger partial charge in [-0.25, -0.2) is 4.98 Å². The standard InChI is InChI=1S/C18H18F3N3O2/c1-10-22-13(8-14(25)23-10)15(26)24-17(9-16(17,2)3)11-4-6-12(7-5-11)18(19,20)21/h4-8H,9H2,1-3H3,(H,24,26)(H,22,23,25). The van der Waals surface area contributed by atoms with Crippen LogP contribution in [0.5, 0.6) is 0 Å². The van der Waals surface area contributed by atoms with Crippen molar-refractivity contribution in [2.24, 2.45) is 5.41 Å². The van der Waals surface area contributed by atoms with Gasteiger partial charge >= 0.3 is 6.18 Å². The molecule has 1 heterocycles. The van der Waals surface area contributed by atoms with Crippen LogP contribution in [-0.4, -0.2) is 15.9 Å². The maximum absolute atomic E-state index is 12.8. The van der Waals surface area contributed by atoms with Crippen molar-refractivity contribution in [3.8, 4) is 0 Å². The number of rotatable bonds is 3. The number of amides is 1. The van der Waals surface area contributed by atoms with Gasteiger partial charge in [-0.05, 0) is 36.5 Å². The van der Waals surface area contributed by atoms with Crippen molar-refractivity contribution in [2.75, 3.05) is 0 Å². The molecule has 0 bridgehead atoms. The van der Waals surface area contributed by atoms with E-state index < -0.39 is 28.7 Å². The minimum absolute atomic E-state index is 0.0276. The van der Waals surface area contributed by atoms with Crippen molar-refractivity contribution < 1.29 is 18.0 Å². The number of hydrogen-bond donors (Lipinski definition) is 2. The lowest BCUT2D eigenvalue weighted by molar-refractivity contribution is -0.137. The van der Waals surface area contributed by atoms with Gasteiger partial charge < -0.3 is 10.3 Å². The third kappa shape index (κ3) is 3.11. The highest BCUT2D eigenvalue weighted by molar-refractivity contribution is 5.93. The number of halogens is 3. The van der Waals surface area contributed by atoms with Crippen molar-refractivity contribution in [3.05, 3.63) is 63.3 Å². The zero-order valence-corrected chi connectivity index (χ0v) is 14.5. The van der Waals surface area contributed by atoms with Gasteiger partial charge in [-0.15, -0.1) is 0 Å². The number of carbonyl (C=O) groups excluding carboxylic acids is 1. The first kappa shape index (κ1) is 18.2. The molecule has 1 aliphatic carbocycles. The Labute approximate surface area is 147 Å². The fourth-order valence-corrected chi connectivity index (χ4v) is 3.29. The Hall–Kier alpha value is -2.64. The van der Waals surface area contributed by atoms with Crippen LogP contribution in [0.4, 0.5) is 13.2 Å². The first-order chi connectivity index (χ1) is 11.9. The van der Waals surface area contributed by atoms with Crippen LogP contribution in [0.15, 0.2) is 35.1 Å². The number of nitrogens with one attached hydrogen (secondary N) is 2. The molecule has 0 spiro atoms. The fraction of sp³-hybridized carbons (Fsp3) is 0.389. The van der Waals surface area contributed by atoms with Crippen molar-refractivity contribution in [2.45, 2.75) is 38.9 Å². The molecule has 2 aromatic rings. The Morgan fingerprint density at radius 1 is 1.23 bits per heavy atom. The summed E-state index contributed by atoms with van der Waals surface area (Å²) in [6.45, 7) is 5.40. The molecule has 1 aliphatic rings. The van der Waals surface area contributed by atoms with Gasteiger partial charge in [-0.1, -0.05) is 26.0 Å². The second kappa shape index (κ2) is 5.69. The van der Waals surface area contributed by atoms with Crippen LogP contribution in [0.3, 0.4) is 0 Å². The number of hydrogen-bond acceptors (Lipinski definition) is 3. The lowest BCUT2D eigenvalue weighted by atomic mass is 9.94.